The molecule has 0 aromatic rings. The minimum Gasteiger partial charge on any atom is -0.353 e. The van der Waals surface area contributed by atoms with Crippen LogP contribution in [0.2, 0.25) is 0 Å². The zero-order valence-corrected chi connectivity index (χ0v) is 10.5. The maximum Gasteiger partial charge on any atom is 0.222 e. The molecule has 2 heteroatoms. The van der Waals surface area contributed by atoms with Gasteiger partial charge in [-0.05, 0) is 24.7 Å². The molecule has 2 nitrogen and oxygen atoms in total. The first-order valence-electron chi connectivity index (χ1n) is 6.32. The largest absolute Gasteiger partial charge is 0.353 e. The van der Waals surface area contributed by atoms with E-state index >= 15 is 0 Å². The van der Waals surface area contributed by atoms with Gasteiger partial charge >= 0.3 is 0 Å². The number of carbonyl (C=O) groups excluding carboxylic acids is 1. The minimum absolute atomic E-state index is 0.111. The van der Waals surface area contributed by atoms with Crippen LogP contribution in [0, 0.1) is 17.8 Å². The molecule has 0 saturated heterocycles. The molecule has 2 atom stereocenters. The van der Waals surface area contributed by atoms with Crippen LogP contribution in [0.25, 0.3) is 0 Å². The Hall–Kier alpha value is -0.530. The molecule has 1 aliphatic carbocycles. The van der Waals surface area contributed by atoms with E-state index in [9.17, 15) is 4.79 Å². The van der Waals surface area contributed by atoms with Crippen molar-refractivity contribution in [2.45, 2.75) is 59.4 Å². The normalized spacial score (nSPS) is 27.1. The summed E-state index contributed by atoms with van der Waals surface area (Å²) in [5.74, 6) is 1.69. The topological polar surface area (TPSA) is 29.1 Å². The summed E-state index contributed by atoms with van der Waals surface area (Å²) in [5.41, 5.74) is 0. The first-order valence-corrected chi connectivity index (χ1v) is 6.32. The second kappa shape index (κ2) is 5.53. The second-order valence-corrected chi connectivity index (χ2v) is 5.46. The van der Waals surface area contributed by atoms with Gasteiger partial charge in [0.25, 0.3) is 0 Å². The monoisotopic (exact) mass is 211 g/mol. The standard InChI is InChI=1S/C13H25NO/c1-9(2)11-7-5-6-8-12(11)14-13(15)10(3)4/h9-12H,5-8H2,1-4H3,(H,14,15). The zero-order valence-electron chi connectivity index (χ0n) is 10.5. The Kier molecular flexibility index (Phi) is 4.62. The second-order valence-electron chi connectivity index (χ2n) is 5.46. The van der Waals surface area contributed by atoms with E-state index in [0.29, 0.717) is 17.9 Å². The lowest BCUT2D eigenvalue weighted by Crippen LogP contribution is -2.45. The van der Waals surface area contributed by atoms with Crippen molar-refractivity contribution in [2.75, 3.05) is 0 Å². The number of hydrogen-bond acceptors (Lipinski definition) is 1. The van der Waals surface area contributed by atoms with E-state index < -0.39 is 0 Å². The Labute approximate surface area is 93.8 Å². The van der Waals surface area contributed by atoms with Crippen molar-refractivity contribution in [1.82, 2.24) is 5.32 Å². The minimum atomic E-state index is 0.111. The summed E-state index contributed by atoms with van der Waals surface area (Å²) in [6, 6.07) is 0.425. The van der Waals surface area contributed by atoms with Gasteiger partial charge in [0, 0.05) is 12.0 Å². The van der Waals surface area contributed by atoms with Crippen molar-refractivity contribution >= 4 is 5.91 Å². The van der Waals surface area contributed by atoms with Crippen molar-refractivity contribution in [2.24, 2.45) is 17.8 Å². The Morgan fingerprint density at radius 3 is 2.27 bits per heavy atom. The van der Waals surface area contributed by atoms with Crippen molar-refractivity contribution in [3.05, 3.63) is 0 Å². The van der Waals surface area contributed by atoms with Crippen LogP contribution in [0.1, 0.15) is 53.4 Å². The molecule has 1 N–H and O–H groups in total. The summed E-state index contributed by atoms with van der Waals surface area (Å²) in [5, 5.41) is 3.21. The van der Waals surface area contributed by atoms with Crippen molar-refractivity contribution in [1.29, 1.82) is 0 Å². The molecule has 1 amide bonds. The van der Waals surface area contributed by atoms with Crippen LogP contribution < -0.4 is 5.32 Å². The molecule has 0 bridgehead atoms. The van der Waals surface area contributed by atoms with Crippen LogP contribution in [0.5, 0.6) is 0 Å². The van der Waals surface area contributed by atoms with Crippen LogP contribution >= 0.6 is 0 Å². The average molecular weight is 211 g/mol. The Morgan fingerprint density at radius 1 is 1.13 bits per heavy atom. The van der Waals surface area contributed by atoms with E-state index in [4.69, 9.17) is 0 Å². The molecule has 15 heavy (non-hydrogen) atoms. The summed E-state index contributed by atoms with van der Waals surface area (Å²) in [7, 11) is 0. The summed E-state index contributed by atoms with van der Waals surface area (Å²) in [4.78, 5) is 11.7. The highest BCUT2D eigenvalue weighted by Crippen LogP contribution is 2.30. The highest BCUT2D eigenvalue weighted by atomic mass is 16.1. The molecule has 1 rings (SSSR count). The Morgan fingerprint density at radius 2 is 1.73 bits per heavy atom. The Bertz CT molecular complexity index is 211. The van der Waals surface area contributed by atoms with E-state index in [1.165, 1.54) is 25.7 Å². The molecular weight excluding hydrogens is 186 g/mol. The van der Waals surface area contributed by atoms with Gasteiger partial charge in [-0.2, -0.15) is 0 Å². The quantitative estimate of drug-likeness (QED) is 0.764. The maximum atomic E-state index is 11.7. The van der Waals surface area contributed by atoms with Gasteiger partial charge < -0.3 is 5.32 Å². The maximum absolute atomic E-state index is 11.7. The van der Waals surface area contributed by atoms with E-state index in [-0.39, 0.29) is 11.8 Å². The van der Waals surface area contributed by atoms with E-state index in [1.807, 2.05) is 13.8 Å². The lowest BCUT2D eigenvalue weighted by atomic mass is 9.77. The van der Waals surface area contributed by atoms with Gasteiger partial charge in [-0.3, -0.25) is 4.79 Å². The molecule has 0 aromatic heterocycles. The smallest absolute Gasteiger partial charge is 0.222 e. The lowest BCUT2D eigenvalue weighted by Gasteiger charge is -2.35. The van der Waals surface area contributed by atoms with Crippen LogP contribution in [0.3, 0.4) is 0 Å². The van der Waals surface area contributed by atoms with Crippen LogP contribution in [-0.2, 0) is 4.79 Å². The van der Waals surface area contributed by atoms with Crippen molar-refractivity contribution in [3.63, 3.8) is 0 Å². The summed E-state index contributed by atoms with van der Waals surface area (Å²) < 4.78 is 0. The van der Waals surface area contributed by atoms with Crippen LogP contribution in [0.4, 0.5) is 0 Å². The van der Waals surface area contributed by atoms with Crippen molar-refractivity contribution in [3.8, 4) is 0 Å². The third-order valence-corrected chi connectivity index (χ3v) is 3.53. The fraction of sp³-hybridized carbons (Fsp3) is 0.923. The predicted molar refractivity (Wildman–Crippen MR) is 63.6 cm³/mol. The highest BCUT2D eigenvalue weighted by molar-refractivity contribution is 5.78. The Balaban J connectivity index is 2.53. The molecule has 0 radical (unpaired) electrons. The summed E-state index contributed by atoms with van der Waals surface area (Å²) >= 11 is 0. The number of amides is 1. The first-order chi connectivity index (χ1) is 7.02. The molecule has 1 saturated carbocycles. The molecular formula is C13H25NO. The van der Waals surface area contributed by atoms with E-state index in [1.54, 1.807) is 0 Å². The summed E-state index contributed by atoms with van der Waals surface area (Å²) in [6.45, 7) is 8.46. The van der Waals surface area contributed by atoms with E-state index in [2.05, 4.69) is 19.2 Å². The fourth-order valence-corrected chi connectivity index (χ4v) is 2.49. The number of carbonyl (C=O) groups is 1. The number of rotatable bonds is 3. The molecule has 0 aromatic carbocycles. The van der Waals surface area contributed by atoms with Gasteiger partial charge in [-0.15, -0.1) is 0 Å². The van der Waals surface area contributed by atoms with E-state index in [0.717, 1.165) is 0 Å². The van der Waals surface area contributed by atoms with Gasteiger partial charge in [0.2, 0.25) is 5.91 Å². The third-order valence-electron chi connectivity index (χ3n) is 3.53. The number of nitrogens with one attached hydrogen (secondary N) is 1. The van der Waals surface area contributed by atoms with Gasteiger partial charge in [-0.25, -0.2) is 0 Å². The van der Waals surface area contributed by atoms with Gasteiger partial charge in [-0.1, -0.05) is 40.5 Å². The van der Waals surface area contributed by atoms with Crippen LogP contribution in [0.15, 0.2) is 0 Å². The lowest BCUT2D eigenvalue weighted by molar-refractivity contribution is -0.125. The molecule has 2 unspecified atom stereocenters. The molecule has 0 heterocycles. The van der Waals surface area contributed by atoms with Crippen molar-refractivity contribution < 1.29 is 4.79 Å². The SMILES string of the molecule is CC(C)C(=O)NC1CCCCC1C(C)C. The highest BCUT2D eigenvalue weighted by Gasteiger charge is 2.28. The molecule has 88 valence electrons. The molecule has 0 spiro atoms. The molecule has 1 fully saturated rings. The fourth-order valence-electron chi connectivity index (χ4n) is 2.49. The third kappa shape index (κ3) is 3.51. The summed E-state index contributed by atoms with van der Waals surface area (Å²) in [6.07, 6.45) is 5.05. The van der Waals surface area contributed by atoms with Gasteiger partial charge in [0.1, 0.15) is 0 Å². The predicted octanol–water partition coefficient (Wildman–Crippen LogP) is 2.97. The first kappa shape index (κ1) is 12.5. The zero-order chi connectivity index (χ0) is 11.4. The molecule has 1 aliphatic rings. The average Bonchev–Trinajstić information content (AvgIpc) is 2.18. The van der Waals surface area contributed by atoms with Crippen LogP contribution in [-0.4, -0.2) is 11.9 Å². The van der Waals surface area contributed by atoms with Gasteiger partial charge in [0.15, 0.2) is 0 Å². The number of hydrogen-bond donors (Lipinski definition) is 1. The molecule has 0 aliphatic heterocycles. The van der Waals surface area contributed by atoms with Gasteiger partial charge in [0.05, 0.1) is 0 Å².